The number of pyridine rings is 1. The Kier molecular flexibility index (Phi) is 1.87. The van der Waals surface area contributed by atoms with E-state index in [-0.39, 0.29) is 11.3 Å². The maximum Gasteiger partial charge on any atom is 0.287 e. The van der Waals surface area contributed by atoms with Crippen molar-refractivity contribution in [3.05, 3.63) is 28.4 Å². The van der Waals surface area contributed by atoms with Gasteiger partial charge in [0, 0.05) is 12.1 Å². The molecule has 0 spiro atoms. The molecule has 0 atom stereocenters. The first kappa shape index (κ1) is 8.93. The number of hydrogen-bond donors (Lipinski definition) is 0. The lowest BCUT2D eigenvalue weighted by Crippen LogP contribution is -2.12. The van der Waals surface area contributed by atoms with Gasteiger partial charge in [-0.1, -0.05) is 0 Å². The lowest BCUT2D eigenvalue weighted by Gasteiger charge is -2.10. The smallest absolute Gasteiger partial charge is 0.287 e. The van der Waals surface area contributed by atoms with Crippen molar-refractivity contribution >= 4 is 5.69 Å². The van der Waals surface area contributed by atoms with Gasteiger partial charge in [0.2, 0.25) is 5.88 Å². The van der Waals surface area contributed by atoms with Crippen LogP contribution < -0.4 is 4.74 Å². The largest absolute Gasteiger partial charge is 0.471 e. The van der Waals surface area contributed by atoms with E-state index in [1.807, 2.05) is 6.92 Å². The van der Waals surface area contributed by atoms with Gasteiger partial charge in [-0.2, -0.15) is 0 Å². The van der Waals surface area contributed by atoms with Gasteiger partial charge in [0.25, 0.3) is 5.69 Å². The molecular weight excluding hydrogens is 184 g/mol. The summed E-state index contributed by atoms with van der Waals surface area (Å²) < 4.78 is 5.51. The summed E-state index contributed by atoms with van der Waals surface area (Å²) in [5.74, 6) is 0.454. The van der Waals surface area contributed by atoms with Crippen molar-refractivity contribution < 1.29 is 9.66 Å². The van der Waals surface area contributed by atoms with Crippen LogP contribution in [-0.2, 0) is 0 Å². The topological polar surface area (TPSA) is 65.3 Å². The van der Waals surface area contributed by atoms with E-state index in [1.165, 1.54) is 18.3 Å². The molecule has 1 saturated carbocycles. The Bertz CT molecular complexity index is 357. The van der Waals surface area contributed by atoms with E-state index in [4.69, 9.17) is 4.74 Å². The Morgan fingerprint density at radius 2 is 2.29 bits per heavy atom. The molecule has 0 bridgehead atoms. The average molecular weight is 194 g/mol. The molecule has 0 unspecified atom stereocenters. The summed E-state index contributed by atoms with van der Waals surface area (Å²) in [5, 5.41) is 10.3. The van der Waals surface area contributed by atoms with E-state index in [9.17, 15) is 10.1 Å². The molecule has 0 radical (unpaired) electrons. The molecular formula is C9H10N2O3. The number of aromatic nitrogens is 1. The molecule has 0 amide bonds. The predicted octanol–water partition coefficient (Wildman–Crippen LogP) is 1.92. The molecule has 74 valence electrons. The number of ether oxygens (including phenoxy) is 1. The van der Waals surface area contributed by atoms with Gasteiger partial charge in [0.05, 0.1) is 4.92 Å². The fraction of sp³-hybridized carbons (Fsp3) is 0.444. The zero-order valence-electron chi connectivity index (χ0n) is 7.77. The number of nitrogens with zero attached hydrogens (tertiary/aromatic N) is 2. The van der Waals surface area contributed by atoms with E-state index >= 15 is 0 Å². The van der Waals surface area contributed by atoms with Crippen LogP contribution in [0.1, 0.15) is 19.8 Å². The van der Waals surface area contributed by atoms with Crippen LogP contribution in [0.4, 0.5) is 5.69 Å². The van der Waals surface area contributed by atoms with Crippen molar-refractivity contribution in [3.8, 4) is 5.88 Å². The Balaban J connectivity index is 2.10. The Morgan fingerprint density at radius 3 is 2.71 bits per heavy atom. The number of rotatable bonds is 3. The van der Waals surface area contributed by atoms with Crippen molar-refractivity contribution in [2.45, 2.75) is 25.4 Å². The highest BCUT2D eigenvalue weighted by Gasteiger charge is 2.40. The maximum atomic E-state index is 10.3. The van der Waals surface area contributed by atoms with Gasteiger partial charge in [0.15, 0.2) is 0 Å². The van der Waals surface area contributed by atoms with E-state index in [2.05, 4.69) is 4.98 Å². The summed E-state index contributed by atoms with van der Waals surface area (Å²) in [6.45, 7) is 2.00. The molecule has 1 aromatic heterocycles. The lowest BCUT2D eigenvalue weighted by molar-refractivity contribution is -0.385. The van der Waals surface area contributed by atoms with Crippen LogP contribution in [0, 0.1) is 10.1 Å². The van der Waals surface area contributed by atoms with Gasteiger partial charge in [-0.05, 0) is 19.8 Å². The third kappa shape index (κ3) is 1.81. The third-order valence-corrected chi connectivity index (χ3v) is 2.24. The summed E-state index contributed by atoms with van der Waals surface area (Å²) in [7, 11) is 0. The zero-order chi connectivity index (χ0) is 10.2. The monoisotopic (exact) mass is 194 g/mol. The van der Waals surface area contributed by atoms with Crippen LogP contribution in [0.3, 0.4) is 0 Å². The molecule has 5 heteroatoms. The first-order valence-electron chi connectivity index (χ1n) is 4.39. The van der Waals surface area contributed by atoms with Crippen molar-refractivity contribution in [1.29, 1.82) is 0 Å². The van der Waals surface area contributed by atoms with Gasteiger partial charge in [-0.3, -0.25) is 10.1 Å². The van der Waals surface area contributed by atoms with Crippen molar-refractivity contribution in [3.63, 3.8) is 0 Å². The minimum absolute atomic E-state index is 0.0155. The molecule has 0 saturated heterocycles. The first-order valence-corrected chi connectivity index (χ1v) is 4.39. The molecule has 5 nitrogen and oxygen atoms in total. The van der Waals surface area contributed by atoms with E-state index in [0.29, 0.717) is 5.88 Å². The van der Waals surface area contributed by atoms with Crippen LogP contribution in [0.5, 0.6) is 5.88 Å². The third-order valence-electron chi connectivity index (χ3n) is 2.24. The summed E-state index contributed by atoms with van der Waals surface area (Å²) in [6.07, 6.45) is 3.25. The molecule has 0 aromatic carbocycles. The van der Waals surface area contributed by atoms with E-state index in [0.717, 1.165) is 12.8 Å². The molecule has 0 aliphatic heterocycles. The van der Waals surface area contributed by atoms with Crippen molar-refractivity contribution in [1.82, 2.24) is 4.98 Å². The fourth-order valence-electron chi connectivity index (χ4n) is 1.07. The molecule has 1 heterocycles. The molecule has 1 aliphatic carbocycles. The zero-order valence-corrected chi connectivity index (χ0v) is 7.77. The molecule has 1 aromatic rings. The van der Waals surface area contributed by atoms with Gasteiger partial charge in [0.1, 0.15) is 11.8 Å². The van der Waals surface area contributed by atoms with Crippen LogP contribution in [0.2, 0.25) is 0 Å². The van der Waals surface area contributed by atoms with Gasteiger partial charge < -0.3 is 4.74 Å². The Hall–Kier alpha value is -1.65. The average Bonchev–Trinajstić information content (AvgIpc) is 2.84. The summed E-state index contributed by atoms with van der Waals surface area (Å²) >= 11 is 0. The minimum Gasteiger partial charge on any atom is -0.471 e. The minimum atomic E-state index is -0.477. The SMILES string of the molecule is CC1(Oc2ccc([N+](=O)[O-])cn2)CC1. The standard InChI is InChI=1S/C9H10N2O3/c1-9(4-5-9)14-8-3-2-7(6-10-8)11(12)13/h2-3,6H,4-5H2,1H3. The molecule has 2 rings (SSSR count). The summed E-state index contributed by atoms with van der Waals surface area (Å²) in [5.41, 5.74) is -0.110. The Labute approximate surface area is 80.9 Å². The second-order valence-corrected chi connectivity index (χ2v) is 3.66. The van der Waals surface area contributed by atoms with Crippen LogP contribution in [0.25, 0.3) is 0 Å². The molecule has 1 aliphatic rings. The lowest BCUT2D eigenvalue weighted by atomic mass is 10.4. The van der Waals surface area contributed by atoms with E-state index in [1.54, 1.807) is 0 Å². The van der Waals surface area contributed by atoms with Gasteiger partial charge in [-0.15, -0.1) is 0 Å². The van der Waals surface area contributed by atoms with Crippen LogP contribution >= 0.6 is 0 Å². The number of nitro groups is 1. The first-order chi connectivity index (χ1) is 6.59. The highest BCUT2D eigenvalue weighted by molar-refractivity contribution is 5.29. The predicted molar refractivity (Wildman–Crippen MR) is 49.2 cm³/mol. The second-order valence-electron chi connectivity index (χ2n) is 3.66. The Morgan fingerprint density at radius 1 is 1.57 bits per heavy atom. The van der Waals surface area contributed by atoms with Crippen molar-refractivity contribution in [2.75, 3.05) is 0 Å². The normalized spacial score (nSPS) is 17.5. The van der Waals surface area contributed by atoms with E-state index < -0.39 is 4.92 Å². The highest BCUT2D eigenvalue weighted by atomic mass is 16.6. The maximum absolute atomic E-state index is 10.3. The second kappa shape index (κ2) is 2.94. The highest BCUT2D eigenvalue weighted by Crippen LogP contribution is 2.38. The summed E-state index contributed by atoms with van der Waals surface area (Å²) in [6, 6.07) is 2.93. The number of hydrogen-bond acceptors (Lipinski definition) is 4. The molecule has 1 fully saturated rings. The van der Waals surface area contributed by atoms with Gasteiger partial charge in [-0.25, -0.2) is 4.98 Å². The van der Waals surface area contributed by atoms with Crippen LogP contribution in [-0.4, -0.2) is 15.5 Å². The fourth-order valence-corrected chi connectivity index (χ4v) is 1.07. The van der Waals surface area contributed by atoms with Crippen molar-refractivity contribution in [2.24, 2.45) is 0 Å². The molecule has 14 heavy (non-hydrogen) atoms. The molecule has 0 N–H and O–H groups in total. The summed E-state index contributed by atoms with van der Waals surface area (Å²) in [4.78, 5) is 13.7. The van der Waals surface area contributed by atoms with Gasteiger partial charge >= 0.3 is 0 Å². The quantitative estimate of drug-likeness (QED) is 0.544. The van der Waals surface area contributed by atoms with Crippen LogP contribution in [0.15, 0.2) is 18.3 Å².